The van der Waals surface area contributed by atoms with Crippen molar-refractivity contribution in [3.05, 3.63) is 51.7 Å². The number of hydrogen-bond acceptors (Lipinski definition) is 9. The van der Waals surface area contributed by atoms with Crippen LogP contribution in [-0.2, 0) is 19.1 Å². The fraction of sp³-hybridized carbons (Fsp3) is 0.400. The molecule has 0 saturated carbocycles. The van der Waals surface area contributed by atoms with Gasteiger partial charge in [-0.3, -0.25) is 9.59 Å². The smallest absolute Gasteiger partial charge is 0.360 e. The number of anilines is 1. The lowest BCUT2D eigenvalue weighted by molar-refractivity contribution is -0.138. The van der Waals surface area contributed by atoms with Gasteiger partial charge in [0, 0.05) is 36.1 Å². The van der Waals surface area contributed by atoms with Crippen LogP contribution in [-0.4, -0.2) is 65.7 Å². The van der Waals surface area contributed by atoms with Crippen LogP contribution in [0.1, 0.15) is 46.7 Å². The zero-order chi connectivity index (χ0) is 26.4. The lowest BCUT2D eigenvalue weighted by Crippen LogP contribution is -2.40. The van der Waals surface area contributed by atoms with Crippen LogP contribution in [0.4, 0.5) is 10.1 Å². The Morgan fingerprint density at radius 3 is 2.76 bits per heavy atom. The van der Waals surface area contributed by atoms with E-state index in [1.165, 1.54) is 29.5 Å². The first-order valence-corrected chi connectivity index (χ1v) is 12.7. The van der Waals surface area contributed by atoms with Crippen molar-refractivity contribution in [2.45, 2.75) is 32.6 Å². The summed E-state index contributed by atoms with van der Waals surface area (Å²) in [6.45, 7) is 4.30. The van der Waals surface area contributed by atoms with Crippen molar-refractivity contribution in [3.63, 3.8) is 0 Å². The van der Waals surface area contributed by atoms with Crippen molar-refractivity contribution in [1.29, 1.82) is 0 Å². The molecule has 12 heteroatoms. The van der Waals surface area contributed by atoms with E-state index in [1.54, 1.807) is 24.8 Å². The molecule has 1 N–H and O–H groups in total. The van der Waals surface area contributed by atoms with Crippen LogP contribution in [0.3, 0.4) is 0 Å². The van der Waals surface area contributed by atoms with E-state index in [9.17, 15) is 18.8 Å². The second kappa shape index (κ2) is 12.1. The van der Waals surface area contributed by atoms with E-state index >= 15 is 0 Å². The molecule has 0 atom stereocenters. The SMILES string of the molecule is CCOC(=O)c1cc(-c2csc(C3CCN(C(=O)COCC(=O)Nc4cc(F)ccc4C)CC3)n2)on1. The molecule has 196 valence electrons. The van der Waals surface area contributed by atoms with Crippen LogP contribution >= 0.6 is 11.3 Å². The van der Waals surface area contributed by atoms with Gasteiger partial charge < -0.3 is 24.2 Å². The molecule has 2 aromatic heterocycles. The summed E-state index contributed by atoms with van der Waals surface area (Å²) in [5.41, 5.74) is 1.79. The molecule has 1 aliphatic rings. The van der Waals surface area contributed by atoms with E-state index < -0.39 is 17.7 Å². The summed E-state index contributed by atoms with van der Waals surface area (Å²) in [6.07, 6.45) is 1.48. The van der Waals surface area contributed by atoms with Crippen LogP contribution in [0.2, 0.25) is 0 Å². The molecule has 0 spiro atoms. The van der Waals surface area contributed by atoms with Gasteiger partial charge in [0.15, 0.2) is 11.5 Å². The normalized spacial score (nSPS) is 14.0. The first-order valence-electron chi connectivity index (χ1n) is 11.8. The fourth-order valence-electron chi connectivity index (χ4n) is 3.90. The number of ether oxygens (including phenoxy) is 2. The second-order valence-electron chi connectivity index (χ2n) is 8.52. The number of aryl methyl sites for hydroxylation is 1. The largest absolute Gasteiger partial charge is 0.461 e. The Hall–Kier alpha value is -3.64. The topological polar surface area (TPSA) is 124 Å². The highest BCUT2D eigenvalue weighted by Gasteiger charge is 2.26. The summed E-state index contributed by atoms with van der Waals surface area (Å²) in [5.74, 6) is -1.06. The molecule has 1 saturated heterocycles. The number of aromatic nitrogens is 2. The Kier molecular flexibility index (Phi) is 8.62. The first kappa shape index (κ1) is 26.4. The van der Waals surface area contributed by atoms with E-state index in [0.717, 1.165) is 23.4 Å². The molecule has 4 rings (SSSR count). The van der Waals surface area contributed by atoms with Crippen molar-refractivity contribution in [2.24, 2.45) is 0 Å². The number of nitrogens with zero attached hydrogens (tertiary/aromatic N) is 3. The number of amides is 2. The number of carbonyl (C=O) groups excluding carboxylic acids is 3. The molecule has 0 aliphatic carbocycles. The molecule has 10 nitrogen and oxygen atoms in total. The summed E-state index contributed by atoms with van der Waals surface area (Å²) >= 11 is 1.50. The van der Waals surface area contributed by atoms with Crippen LogP contribution in [0, 0.1) is 12.7 Å². The van der Waals surface area contributed by atoms with Gasteiger partial charge in [-0.15, -0.1) is 11.3 Å². The number of rotatable bonds is 9. The maximum absolute atomic E-state index is 13.4. The molecule has 2 amide bonds. The van der Waals surface area contributed by atoms with Gasteiger partial charge in [-0.1, -0.05) is 11.2 Å². The van der Waals surface area contributed by atoms with Gasteiger partial charge in [-0.05, 0) is 44.4 Å². The molecule has 3 aromatic rings. The summed E-state index contributed by atoms with van der Waals surface area (Å²) in [7, 11) is 0. The van der Waals surface area contributed by atoms with Crippen molar-refractivity contribution in [3.8, 4) is 11.5 Å². The van der Waals surface area contributed by atoms with Gasteiger partial charge in [0.1, 0.15) is 24.7 Å². The van der Waals surface area contributed by atoms with Crippen LogP contribution in [0.5, 0.6) is 0 Å². The Morgan fingerprint density at radius 2 is 2.00 bits per heavy atom. The number of piperidine rings is 1. The van der Waals surface area contributed by atoms with Gasteiger partial charge in [-0.2, -0.15) is 0 Å². The molecule has 3 heterocycles. The minimum absolute atomic E-state index is 0.0991. The summed E-state index contributed by atoms with van der Waals surface area (Å²) < 4.78 is 28.8. The third kappa shape index (κ3) is 6.77. The van der Waals surface area contributed by atoms with Crippen LogP contribution in [0.15, 0.2) is 34.2 Å². The highest BCUT2D eigenvalue weighted by Crippen LogP contribution is 2.33. The van der Waals surface area contributed by atoms with Crippen molar-refractivity contribution in [1.82, 2.24) is 15.0 Å². The average molecular weight is 531 g/mol. The lowest BCUT2D eigenvalue weighted by Gasteiger charge is -2.31. The van der Waals surface area contributed by atoms with E-state index in [4.69, 9.17) is 14.0 Å². The maximum Gasteiger partial charge on any atom is 0.360 e. The molecular weight excluding hydrogens is 503 g/mol. The van der Waals surface area contributed by atoms with Gasteiger partial charge in [0.25, 0.3) is 0 Å². The number of esters is 1. The van der Waals surface area contributed by atoms with Crippen LogP contribution < -0.4 is 5.32 Å². The van der Waals surface area contributed by atoms with E-state index in [1.807, 2.05) is 5.38 Å². The molecule has 37 heavy (non-hydrogen) atoms. The minimum atomic E-state index is -0.545. The number of halogens is 1. The standard InChI is InChI=1S/C25H27FN4O6S/c1-3-35-25(33)19-11-21(36-29-19)20-14-37-24(28-20)16-6-8-30(9-7-16)23(32)13-34-12-22(31)27-18-10-17(26)5-4-15(18)2/h4-5,10-11,14,16H,3,6-9,12-13H2,1-2H3,(H,27,31). The lowest BCUT2D eigenvalue weighted by atomic mass is 9.97. The molecule has 0 unspecified atom stereocenters. The van der Waals surface area contributed by atoms with E-state index in [0.29, 0.717) is 30.2 Å². The highest BCUT2D eigenvalue weighted by molar-refractivity contribution is 7.10. The van der Waals surface area contributed by atoms with E-state index in [-0.39, 0.29) is 37.3 Å². The third-order valence-electron chi connectivity index (χ3n) is 5.90. The second-order valence-corrected chi connectivity index (χ2v) is 9.41. The summed E-state index contributed by atoms with van der Waals surface area (Å²) in [4.78, 5) is 42.7. The van der Waals surface area contributed by atoms with Gasteiger partial charge in [0.05, 0.1) is 11.6 Å². The number of hydrogen-bond donors (Lipinski definition) is 1. The third-order valence-corrected chi connectivity index (χ3v) is 6.91. The Morgan fingerprint density at radius 1 is 1.22 bits per heavy atom. The van der Waals surface area contributed by atoms with Crippen molar-refractivity contribution < 1.29 is 32.8 Å². The Balaban J connectivity index is 1.21. The number of likely N-dealkylation sites (tertiary alicyclic amines) is 1. The molecular formula is C25H27FN4O6S. The predicted molar refractivity (Wildman–Crippen MR) is 133 cm³/mol. The molecule has 0 radical (unpaired) electrons. The molecule has 0 bridgehead atoms. The average Bonchev–Trinajstić information content (AvgIpc) is 3.57. The first-order chi connectivity index (χ1) is 17.8. The minimum Gasteiger partial charge on any atom is -0.461 e. The Labute approximate surface area is 216 Å². The summed E-state index contributed by atoms with van der Waals surface area (Å²) in [6, 6.07) is 5.63. The zero-order valence-electron chi connectivity index (χ0n) is 20.5. The number of carbonyl (C=O) groups is 3. The maximum atomic E-state index is 13.4. The van der Waals surface area contributed by atoms with E-state index in [2.05, 4.69) is 15.5 Å². The molecule has 1 fully saturated rings. The van der Waals surface area contributed by atoms with Crippen molar-refractivity contribution >= 4 is 34.8 Å². The molecule has 1 aromatic carbocycles. The number of thiazole rings is 1. The monoisotopic (exact) mass is 530 g/mol. The predicted octanol–water partition coefficient (Wildman–Crippen LogP) is 3.78. The number of benzene rings is 1. The van der Waals surface area contributed by atoms with Crippen molar-refractivity contribution in [2.75, 3.05) is 38.2 Å². The number of nitrogens with one attached hydrogen (secondary N) is 1. The van der Waals surface area contributed by atoms with Gasteiger partial charge in [0.2, 0.25) is 11.8 Å². The fourth-order valence-corrected chi connectivity index (χ4v) is 4.88. The quantitative estimate of drug-likeness (QED) is 0.415. The van der Waals surface area contributed by atoms with Gasteiger partial charge in [-0.25, -0.2) is 14.2 Å². The van der Waals surface area contributed by atoms with Gasteiger partial charge >= 0.3 is 5.97 Å². The van der Waals surface area contributed by atoms with Crippen LogP contribution in [0.25, 0.3) is 11.5 Å². The summed E-state index contributed by atoms with van der Waals surface area (Å²) in [5, 5.41) is 9.11. The molecule has 1 aliphatic heterocycles. The Bertz CT molecular complexity index is 1270. The zero-order valence-corrected chi connectivity index (χ0v) is 21.3. The highest BCUT2D eigenvalue weighted by atomic mass is 32.1.